The molecule has 0 saturated carbocycles. The van der Waals surface area contributed by atoms with Gasteiger partial charge in [0.1, 0.15) is 5.82 Å². The molecule has 1 aromatic rings. The normalized spacial score (nSPS) is 10.6. The van der Waals surface area contributed by atoms with Crippen molar-refractivity contribution in [3.05, 3.63) is 41.8 Å². The summed E-state index contributed by atoms with van der Waals surface area (Å²) in [5, 5.41) is 0. The van der Waals surface area contributed by atoms with E-state index in [-0.39, 0.29) is 5.82 Å². The standard InChI is InChI=1S/C10H12FN/c1-12(2)8-7-9-5-3-4-6-10(9)11/h3-8H,1-2H3. The van der Waals surface area contributed by atoms with Crippen LogP contribution in [0.5, 0.6) is 0 Å². The highest BCUT2D eigenvalue weighted by molar-refractivity contribution is 5.49. The quantitative estimate of drug-likeness (QED) is 0.650. The zero-order valence-corrected chi connectivity index (χ0v) is 7.29. The molecule has 0 bridgehead atoms. The lowest BCUT2D eigenvalue weighted by Gasteiger charge is -2.03. The summed E-state index contributed by atoms with van der Waals surface area (Å²) in [7, 11) is 3.80. The van der Waals surface area contributed by atoms with Crippen molar-refractivity contribution in [2.24, 2.45) is 0 Å². The van der Waals surface area contributed by atoms with Gasteiger partial charge in [0, 0.05) is 19.7 Å². The van der Waals surface area contributed by atoms with E-state index in [2.05, 4.69) is 0 Å². The number of benzene rings is 1. The Morgan fingerprint density at radius 2 is 1.92 bits per heavy atom. The van der Waals surface area contributed by atoms with Gasteiger partial charge in [0.15, 0.2) is 0 Å². The third-order valence-corrected chi connectivity index (χ3v) is 1.46. The van der Waals surface area contributed by atoms with Crippen LogP contribution in [0.2, 0.25) is 0 Å². The number of halogens is 1. The van der Waals surface area contributed by atoms with Crippen LogP contribution in [0.15, 0.2) is 30.5 Å². The van der Waals surface area contributed by atoms with Gasteiger partial charge in [-0.15, -0.1) is 0 Å². The van der Waals surface area contributed by atoms with Crippen molar-refractivity contribution in [1.82, 2.24) is 4.90 Å². The van der Waals surface area contributed by atoms with Gasteiger partial charge in [-0.2, -0.15) is 0 Å². The third kappa shape index (κ3) is 2.38. The zero-order chi connectivity index (χ0) is 8.97. The van der Waals surface area contributed by atoms with Crippen LogP contribution < -0.4 is 0 Å². The lowest BCUT2D eigenvalue weighted by Crippen LogP contribution is -1.99. The molecule has 64 valence electrons. The van der Waals surface area contributed by atoms with Crippen LogP contribution in [-0.2, 0) is 0 Å². The number of nitrogens with zero attached hydrogens (tertiary/aromatic N) is 1. The van der Waals surface area contributed by atoms with Gasteiger partial charge in [-0.1, -0.05) is 18.2 Å². The zero-order valence-electron chi connectivity index (χ0n) is 7.29. The summed E-state index contributed by atoms with van der Waals surface area (Å²) in [6, 6.07) is 6.70. The first kappa shape index (κ1) is 8.78. The molecule has 0 aliphatic heterocycles. The monoisotopic (exact) mass is 165 g/mol. The van der Waals surface area contributed by atoms with Crippen LogP contribution in [-0.4, -0.2) is 19.0 Å². The van der Waals surface area contributed by atoms with Crippen molar-refractivity contribution in [2.75, 3.05) is 14.1 Å². The first-order chi connectivity index (χ1) is 5.70. The Morgan fingerprint density at radius 1 is 1.25 bits per heavy atom. The molecule has 2 heteroatoms. The molecule has 1 nitrogen and oxygen atoms in total. The molecule has 0 aliphatic carbocycles. The molecule has 0 fully saturated rings. The minimum Gasteiger partial charge on any atom is -0.383 e. The van der Waals surface area contributed by atoms with Gasteiger partial charge in [-0.3, -0.25) is 0 Å². The van der Waals surface area contributed by atoms with Gasteiger partial charge in [-0.25, -0.2) is 4.39 Å². The summed E-state index contributed by atoms with van der Waals surface area (Å²) in [6.45, 7) is 0. The summed E-state index contributed by atoms with van der Waals surface area (Å²) in [4.78, 5) is 1.87. The van der Waals surface area contributed by atoms with E-state index in [4.69, 9.17) is 0 Å². The highest BCUT2D eigenvalue weighted by Crippen LogP contribution is 2.07. The molecule has 0 atom stereocenters. The van der Waals surface area contributed by atoms with Crippen molar-refractivity contribution in [3.8, 4) is 0 Å². The smallest absolute Gasteiger partial charge is 0.130 e. The van der Waals surface area contributed by atoms with Gasteiger partial charge in [0.25, 0.3) is 0 Å². The molecular formula is C10H12FN. The molecule has 0 aliphatic rings. The number of rotatable bonds is 2. The second-order valence-corrected chi connectivity index (χ2v) is 2.80. The summed E-state index contributed by atoms with van der Waals surface area (Å²) in [5.41, 5.74) is 0.617. The summed E-state index contributed by atoms with van der Waals surface area (Å²) in [5.74, 6) is -0.185. The minimum atomic E-state index is -0.185. The average molecular weight is 165 g/mol. The Kier molecular flexibility index (Phi) is 2.86. The van der Waals surface area contributed by atoms with Crippen LogP contribution in [0, 0.1) is 5.82 Å². The predicted octanol–water partition coefficient (Wildman–Crippen LogP) is 2.36. The molecule has 0 saturated heterocycles. The van der Waals surface area contributed by atoms with Crippen molar-refractivity contribution >= 4 is 6.08 Å². The highest BCUT2D eigenvalue weighted by atomic mass is 19.1. The maximum atomic E-state index is 13.0. The molecule has 12 heavy (non-hydrogen) atoms. The Morgan fingerprint density at radius 3 is 2.50 bits per heavy atom. The van der Waals surface area contributed by atoms with E-state index in [0.717, 1.165) is 0 Å². The van der Waals surface area contributed by atoms with Crippen molar-refractivity contribution in [1.29, 1.82) is 0 Å². The third-order valence-electron chi connectivity index (χ3n) is 1.46. The molecule has 1 aromatic carbocycles. The molecule has 0 heterocycles. The summed E-state index contributed by atoms with van der Waals surface area (Å²) >= 11 is 0. The number of hydrogen-bond acceptors (Lipinski definition) is 1. The second kappa shape index (κ2) is 3.90. The van der Waals surface area contributed by atoms with Crippen LogP contribution in [0.3, 0.4) is 0 Å². The van der Waals surface area contributed by atoms with E-state index in [9.17, 15) is 4.39 Å². The van der Waals surface area contributed by atoms with E-state index in [1.807, 2.05) is 31.3 Å². The maximum absolute atomic E-state index is 13.0. The Bertz CT molecular complexity index is 279. The Labute approximate surface area is 72.1 Å². The van der Waals surface area contributed by atoms with Gasteiger partial charge in [-0.05, 0) is 18.3 Å². The fourth-order valence-corrected chi connectivity index (χ4v) is 0.840. The Hall–Kier alpha value is -1.31. The SMILES string of the molecule is CN(C)C=Cc1ccccc1F. The van der Waals surface area contributed by atoms with E-state index >= 15 is 0 Å². The van der Waals surface area contributed by atoms with E-state index in [0.29, 0.717) is 5.56 Å². The van der Waals surface area contributed by atoms with E-state index < -0.39 is 0 Å². The first-order valence-corrected chi connectivity index (χ1v) is 3.79. The Balaban J connectivity index is 2.82. The number of hydrogen-bond donors (Lipinski definition) is 0. The summed E-state index contributed by atoms with van der Waals surface area (Å²) < 4.78 is 13.0. The molecule has 0 aromatic heterocycles. The highest BCUT2D eigenvalue weighted by Gasteiger charge is 1.93. The van der Waals surface area contributed by atoms with Crippen LogP contribution >= 0.6 is 0 Å². The lowest BCUT2D eigenvalue weighted by atomic mass is 10.2. The van der Waals surface area contributed by atoms with Gasteiger partial charge in [0.2, 0.25) is 0 Å². The molecule has 0 N–H and O–H groups in total. The largest absolute Gasteiger partial charge is 0.383 e. The molecular weight excluding hydrogens is 153 g/mol. The lowest BCUT2D eigenvalue weighted by molar-refractivity contribution is 0.566. The van der Waals surface area contributed by atoms with Crippen molar-refractivity contribution in [2.45, 2.75) is 0 Å². The van der Waals surface area contributed by atoms with E-state index in [1.54, 1.807) is 18.2 Å². The molecule has 1 rings (SSSR count). The van der Waals surface area contributed by atoms with Crippen molar-refractivity contribution in [3.63, 3.8) is 0 Å². The second-order valence-electron chi connectivity index (χ2n) is 2.80. The topological polar surface area (TPSA) is 3.24 Å². The predicted molar refractivity (Wildman–Crippen MR) is 49.1 cm³/mol. The molecule has 0 radical (unpaired) electrons. The fourth-order valence-electron chi connectivity index (χ4n) is 0.840. The molecule has 0 unspecified atom stereocenters. The van der Waals surface area contributed by atoms with Crippen LogP contribution in [0.1, 0.15) is 5.56 Å². The minimum absolute atomic E-state index is 0.185. The van der Waals surface area contributed by atoms with Crippen LogP contribution in [0.4, 0.5) is 4.39 Å². The molecule has 0 amide bonds. The van der Waals surface area contributed by atoms with Crippen LogP contribution in [0.25, 0.3) is 6.08 Å². The first-order valence-electron chi connectivity index (χ1n) is 3.79. The van der Waals surface area contributed by atoms with Gasteiger partial charge >= 0.3 is 0 Å². The van der Waals surface area contributed by atoms with E-state index in [1.165, 1.54) is 6.07 Å². The summed E-state index contributed by atoms with van der Waals surface area (Å²) in [6.07, 6.45) is 3.56. The average Bonchev–Trinajstić information content (AvgIpc) is 2.03. The molecule has 0 spiro atoms. The fraction of sp³-hybridized carbons (Fsp3) is 0.200. The van der Waals surface area contributed by atoms with Crippen molar-refractivity contribution < 1.29 is 4.39 Å². The maximum Gasteiger partial charge on any atom is 0.130 e. The van der Waals surface area contributed by atoms with Gasteiger partial charge < -0.3 is 4.90 Å². The van der Waals surface area contributed by atoms with Gasteiger partial charge in [0.05, 0.1) is 0 Å².